The Hall–Kier alpha value is -3.67. The summed E-state index contributed by atoms with van der Waals surface area (Å²) in [7, 11) is 0. The maximum absolute atomic E-state index is 12.3. The maximum Gasteiger partial charge on any atom is 0.263 e. The summed E-state index contributed by atoms with van der Waals surface area (Å²) >= 11 is 0. The maximum atomic E-state index is 12.3. The summed E-state index contributed by atoms with van der Waals surface area (Å²) in [4.78, 5) is 16.5. The van der Waals surface area contributed by atoms with Crippen molar-refractivity contribution in [1.29, 1.82) is 0 Å². The molecule has 27 heavy (non-hydrogen) atoms. The molecular weight excluding hydrogens is 340 g/mol. The Labute approximate surface area is 156 Å². The number of nitrogens with zero attached hydrogens (tertiary/aromatic N) is 3. The van der Waals surface area contributed by atoms with Crippen molar-refractivity contribution in [2.24, 2.45) is 0 Å². The molecule has 4 aromatic rings. The molecule has 1 amide bonds. The Morgan fingerprint density at radius 3 is 2.67 bits per heavy atom. The molecular formula is C21H18N4O2. The molecule has 6 nitrogen and oxygen atoms in total. The average Bonchev–Trinajstić information content (AvgIpc) is 3.13. The van der Waals surface area contributed by atoms with Crippen molar-refractivity contribution >= 4 is 22.5 Å². The number of fused-ring (bicyclic) bond motifs is 1. The second kappa shape index (κ2) is 7.70. The molecule has 0 spiro atoms. The largest absolute Gasteiger partial charge is 0.484 e. The molecule has 4 rings (SSSR count). The third-order valence-electron chi connectivity index (χ3n) is 4.11. The van der Waals surface area contributed by atoms with E-state index in [0.717, 1.165) is 16.5 Å². The lowest BCUT2D eigenvalue weighted by molar-refractivity contribution is -0.118. The monoisotopic (exact) mass is 358 g/mol. The van der Waals surface area contributed by atoms with Gasteiger partial charge in [0.25, 0.3) is 5.91 Å². The van der Waals surface area contributed by atoms with Gasteiger partial charge in [-0.25, -0.2) is 4.68 Å². The minimum Gasteiger partial charge on any atom is -0.484 e. The normalized spacial score (nSPS) is 10.7. The smallest absolute Gasteiger partial charge is 0.263 e. The van der Waals surface area contributed by atoms with Gasteiger partial charge < -0.3 is 10.1 Å². The van der Waals surface area contributed by atoms with Crippen LogP contribution in [0.25, 0.3) is 10.8 Å². The highest BCUT2D eigenvalue weighted by Crippen LogP contribution is 2.20. The van der Waals surface area contributed by atoms with Crippen molar-refractivity contribution in [3.05, 3.63) is 84.8 Å². The third kappa shape index (κ3) is 4.12. The van der Waals surface area contributed by atoms with Crippen LogP contribution in [0, 0.1) is 0 Å². The van der Waals surface area contributed by atoms with Gasteiger partial charge in [-0.3, -0.25) is 9.78 Å². The van der Waals surface area contributed by atoms with Crippen LogP contribution in [0.4, 0.5) is 5.82 Å². The van der Waals surface area contributed by atoms with Gasteiger partial charge in [0.15, 0.2) is 6.61 Å². The summed E-state index contributed by atoms with van der Waals surface area (Å²) in [5, 5.41) is 9.27. The van der Waals surface area contributed by atoms with E-state index in [2.05, 4.69) is 15.4 Å². The van der Waals surface area contributed by atoms with E-state index in [9.17, 15) is 4.79 Å². The van der Waals surface area contributed by atoms with Gasteiger partial charge in [-0.05, 0) is 35.0 Å². The molecule has 0 atom stereocenters. The van der Waals surface area contributed by atoms with Gasteiger partial charge in [-0.2, -0.15) is 5.10 Å². The first kappa shape index (κ1) is 16.8. The highest BCUT2D eigenvalue weighted by Gasteiger charge is 2.09. The fourth-order valence-electron chi connectivity index (χ4n) is 2.79. The van der Waals surface area contributed by atoms with Crippen LogP contribution in [0.2, 0.25) is 0 Å². The molecule has 0 fully saturated rings. The van der Waals surface area contributed by atoms with Crippen molar-refractivity contribution in [3.63, 3.8) is 0 Å². The molecule has 1 N–H and O–H groups in total. The predicted molar refractivity (Wildman–Crippen MR) is 104 cm³/mol. The quantitative estimate of drug-likeness (QED) is 0.573. The van der Waals surface area contributed by atoms with E-state index in [1.807, 2.05) is 60.7 Å². The second-order valence-corrected chi connectivity index (χ2v) is 6.04. The van der Waals surface area contributed by atoms with E-state index in [1.165, 1.54) is 0 Å². The summed E-state index contributed by atoms with van der Waals surface area (Å²) in [6.45, 7) is 0.405. The second-order valence-electron chi connectivity index (χ2n) is 6.04. The van der Waals surface area contributed by atoms with E-state index >= 15 is 0 Å². The van der Waals surface area contributed by atoms with Crippen LogP contribution in [0.15, 0.2) is 79.1 Å². The molecule has 2 aromatic carbocycles. The fraction of sp³-hybridized carbons (Fsp3) is 0.0952. The number of carbonyl (C=O) groups excluding carboxylic acids is 1. The number of carbonyl (C=O) groups is 1. The zero-order valence-corrected chi connectivity index (χ0v) is 14.6. The molecule has 0 radical (unpaired) electrons. The van der Waals surface area contributed by atoms with Gasteiger partial charge in [0, 0.05) is 12.3 Å². The fourth-order valence-corrected chi connectivity index (χ4v) is 2.79. The van der Waals surface area contributed by atoms with Gasteiger partial charge in [-0.15, -0.1) is 0 Å². The molecule has 2 aromatic heterocycles. The lowest BCUT2D eigenvalue weighted by atomic mass is 10.1. The van der Waals surface area contributed by atoms with E-state index in [0.29, 0.717) is 18.1 Å². The van der Waals surface area contributed by atoms with Gasteiger partial charge in [0.05, 0.1) is 18.4 Å². The predicted octanol–water partition coefficient (Wildman–Crippen LogP) is 3.50. The number of aromatic nitrogens is 3. The lowest BCUT2D eigenvalue weighted by Gasteiger charge is -2.10. The van der Waals surface area contributed by atoms with Gasteiger partial charge in [0.1, 0.15) is 11.6 Å². The van der Waals surface area contributed by atoms with Gasteiger partial charge >= 0.3 is 0 Å². The number of amides is 1. The first-order valence-corrected chi connectivity index (χ1v) is 8.61. The van der Waals surface area contributed by atoms with E-state index in [-0.39, 0.29) is 12.5 Å². The highest BCUT2D eigenvalue weighted by molar-refractivity contribution is 5.91. The average molecular weight is 358 g/mol. The molecule has 2 heterocycles. The highest BCUT2D eigenvalue weighted by atomic mass is 16.5. The van der Waals surface area contributed by atoms with Crippen LogP contribution in [0.3, 0.4) is 0 Å². The zero-order valence-electron chi connectivity index (χ0n) is 14.6. The summed E-state index contributed by atoms with van der Waals surface area (Å²) in [6, 6.07) is 21.2. The number of hydrogen-bond acceptors (Lipinski definition) is 4. The first-order valence-electron chi connectivity index (χ1n) is 8.61. The van der Waals surface area contributed by atoms with Crippen molar-refractivity contribution in [1.82, 2.24) is 14.8 Å². The van der Waals surface area contributed by atoms with Crippen molar-refractivity contribution in [2.75, 3.05) is 11.9 Å². The van der Waals surface area contributed by atoms with E-state index in [1.54, 1.807) is 23.1 Å². The third-order valence-corrected chi connectivity index (χ3v) is 4.11. The number of rotatable bonds is 6. The standard InChI is InChI=1S/C21H18N4O2/c26-21(15-27-19-9-8-16-5-1-2-6-17(16)13-19)24-20-10-12-23-25(20)14-18-7-3-4-11-22-18/h1-13H,14-15H2,(H,24,26). The lowest BCUT2D eigenvalue weighted by Crippen LogP contribution is -2.22. The Morgan fingerprint density at radius 2 is 1.81 bits per heavy atom. The molecule has 0 unspecified atom stereocenters. The Bertz CT molecular complexity index is 1060. The van der Waals surface area contributed by atoms with E-state index < -0.39 is 0 Å². The Balaban J connectivity index is 1.37. The van der Waals surface area contributed by atoms with Crippen molar-refractivity contribution < 1.29 is 9.53 Å². The molecule has 0 saturated heterocycles. The van der Waals surface area contributed by atoms with Crippen LogP contribution in [0.5, 0.6) is 5.75 Å². The molecule has 0 bridgehead atoms. The number of ether oxygens (including phenoxy) is 1. The van der Waals surface area contributed by atoms with Gasteiger partial charge in [-0.1, -0.05) is 36.4 Å². The number of benzene rings is 2. The SMILES string of the molecule is O=C(COc1ccc2ccccc2c1)Nc1ccnn1Cc1ccccn1. The van der Waals surface area contributed by atoms with Crippen LogP contribution < -0.4 is 10.1 Å². The number of hydrogen-bond donors (Lipinski definition) is 1. The van der Waals surface area contributed by atoms with Crippen molar-refractivity contribution in [3.8, 4) is 5.75 Å². The molecule has 0 aliphatic carbocycles. The number of pyridine rings is 1. The first-order chi connectivity index (χ1) is 13.3. The Morgan fingerprint density at radius 1 is 0.963 bits per heavy atom. The minimum atomic E-state index is -0.245. The Kier molecular flexibility index (Phi) is 4.78. The van der Waals surface area contributed by atoms with Crippen LogP contribution >= 0.6 is 0 Å². The molecule has 134 valence electrons. The molecule has 0 aliphatic rings. The minimum absolute atomic E-state index is 0.0763. The van der Waals surface area contributed by atoms with E-state index in [4.69, 9.17) is 4.74 Å². The summed E-state index contributed by atoms with van der Waals surface area (Å²) in [5.74, 6) is 1.02. The van der Waals surface area contributed by atoms with Crippen LogP contribution in [-0.2, 0) is 11.3 Å². The number of anilines is 1. The number of nitrogens with one attached hydrogen (secondary N) is 1. The molecule has 0 saturated carbocycles. The zero-order chi connectivity index (χ0) is 18.5. The summed E-state index contributed by atoms with van der Waals surface area (Å²) < 4.78 is 7.32. The van der Waals surface area contributed by atoms with Crippen LogP contribution in [-0.4, -0.2) is 27.3 Å². The van der Waals surface area contributed by atoms with Gasteiger partial charge in [0.2, 0.25) is 0 Å². The van der Waals surface area contributed by atoms with Crippen LogP contribution in [0.1, 0.15) is 5.69 Å². The molecule has 0 aliphatic heterocycles. The topological polar surface area (TPSA) is 69.0 Å². The summed E-state index contributed by atoms with van der Waals surface area (Å²) in [5.41, 5.74) is 0.865. The van der Waals surface area contributed by atoms with Crippen molar-refractivity contribution in [2.45, 2.75) is 6.54 Å². The molecule has 6 heteroatoms. The summed E-state index contributed by atoms with van der Waals surface area (Å²) in [6.07, 6.45) is 3.37.